The van der Waals surface area contributed by atoms with E-state index in [0.717, 1.165) is 16.9 Å². The Hall–Kier alpha value is -2.08. The molecule has 0 aliphatic rings. The van der Waals surface area contributed by atoms with Crippen LogP contribution in [0.5, 0.6) is 11.5 Å². The largest absolute Gasteiger partial charge is 0.493 e. The lowest BCUT2D eigenvalue weighted by Gasteiger charge is -2.12. The monoisotopic (exact) mass is 279 g/mol. The molecule has 0 unspecified atom stereocenters. The normalized spacial score (nSPS) is 10.9. The van der Waals surface area contributed by atoms with E-state index in [1.165, 1.54) is 0 Å². The summed E-state index contributed by atoms with van der Waals surface area (Å²) in [4.78, 5) is 0. The fraction of sp³-hybridized carbons (Fsp3) is 0.231. The number of allylic oxidation sites excluding steroid dienone is 1. The number of benzene rings is 1. The number of nitrogens with two attached hydrogens (primary N) is 1. The van der Waals surface area contributed by atoms with Gasteiger partial charge in [-0.1, -0.05) is 12.1 Å². The summed E-state index contributed by atoms with van der Waals surface area (Å²) in [7, 11) is 3.23. The maximum Gasteiger partial charge on any atom is 0.184 e. The molecule has 5 nitrogen and oxygen atoms in total. The Bertz CT molecular complexity index is 513. The third-order valence-electron chi connectivity index (χ3n) is 2.45. The first-order valence-corrected chi connectivity index (χ1v) is 5.97. The SMILES string of the molecule is COc1ccc(C=CC=NNC(N)=S)c(C)c1OC. The van der Waals surface area contributed by atoms with Crippen LogP contribution in [0.4, 0.5) is 0 Å². The number of hydrogen-bond donors (Lipinski definition) is 2. The molecule has 102 valence electrons. The summed E-state index contributed by atoms with van der Waals surface area (Å²) in [5, 5.41) is 3.94. The summed E-state index contributed by atoms with van der Waals surface area (Å²) < 4.78 is 10.6. The smallest absolute Gasteiger partial charge is 0.184 e. The molecule has 0 aliphatic heterocycles. The minimum Gasteiger partial charge on any atom is -0.493 e. The van der Waals surface area contributed by atoms with Gasteiger partial charge in [0.1, 0.15) is 0 Å². The molecule has 0 radical (unpaired) electrons. The van der Waals surface area contributed by atoms with Gasteiger partial charge < -0.3 is 15.2 Å². The van der Waals surface area contributed by atoms with Crippen molar-refractivity contribution in [1.82, 2.24) is 5.43 Å². The van der Waals surface area contributed by atoms with Gasteiger partial charge in [-0.05, 0) is 36.8 Å². The van der Waals surface area contributed by atoms with E-state index in [2.05, 4.69) is 22.7 Å². The molecular formula is C13H17N3O2S. The van der Waals surface area contributed by atoms with Crippen LogP contribution in [-0.2, 0) is 0 Å². The van der Waals surface area contributed by atoms with E-state index in [1.54, 1.807) is 26.5 Å². The zero-order chi connectivity index (χ0) is 14.3. The molecule has 1 aromatic carbocycles. The van der Waals surface area contributed by atoms with Gasteiger partial charge in [-0.2, -0.15) is 5.10 Å². The van der Waals surface area contributed by atoms with E-state index in [1.807, 2.05) is 25.1 Å². The number of hydrazone groups is 1. The van der Waals surface area contributed by atoms with E-state index >= 15 is 0 Å². The molecular weight excluding hydrogens is 262 g/mol. The molecule has 0 fully saturated rings. The third-order valence-corrected chi connectivity index (χ3v) is 2.54. The summed E-state index contributed by atoms with van der Waals surface area (Å²) in [5.41, 5.74) is 9.71. The van der Waals surface area contributed by atoms with Crippen LogP contribution in [0.15, 0.2) is 23.3 Å². The van der Waals surface area contributed by atoms with Crippen molar-refractivity contribution in [2.24, 2.45) is 10.8 Å². The minimum atomic E-state index is 0.131. The zero-order valence-electron chi connectivity index (χ0n) is 11.1. The molecule has 0 amide bonds. The van der Waals surface area contributed by atoms with Crippen LogP contribution >= 0.6 is 12.2 Å². The van der Waals surface area contributed by atoms with Gasteiger partial charge in [-0.15, -0.1) is 0 Å². The van der Waals surface area contributed by atoms with Crippen LogP contribution in [-0.4, -0.2) is 25.5 Å². The standard InChI is InChI=1S/C13H17N3O2S/c1-9-10(5-4-8-15-16-13(14)19)6-7-11(17-2)12(9)18-3/h4-8H,1-3H3,(H3,14,16,19). The number of nitrogens with one attached hydrogen (secondary N) is 1. The van der Waals surface area contributed by atoms with Crippen molar-refractivity contribution in [3.05, 3.63) is 29.3 Å². The molecule has 1 aromatic rings. The molecule has 0 atom stereocenters. The van der Waals surface area contributed by atoms with Crippen molar-refractivity contribution < 1.29 is 9.47 Å². The molecule has 3 N–H and O–H groups in total. The van der Waals surface area contributed by atoms with E-state index in [-0.39, 0.29) is 5.11 Å². The number of rotatable bonds is 5. The van der Waals surface area contributed by atoms with Gasteiger partial charge in [0.15, 0.2) is 16.6 Å². The van der Waals surface area contributed by atoms with Gasteiger partial charge in [-0.25, -0.2) is 0 Å². The van der Waals surface area contributed by atoms with Crippen molar-refractivity contribution in [3.8, 4) is 11.5 Å². The summed E-state index contributed by atoms with van der Waals surface area (Å²) in [5.74, 6) is 1.43. The first-order valence-electron chi connectivity index (χ1n) is 5.57. The second-order valence-electron chi connectivity index (χ2n) is 3.63. The number of nitrogens with zero attached hydrogens (tertiary/aromatic N) is 1. The highest BCUT2D eigenvalue weighted by atomic mass is 32.1. The van der Waals surface area contributed by atoms with Crippen LogP contribution in [0, 0.1) is 6.92 Å². The van der Waals surface area contributed by atoms with Crippen molar-refractivity contribution in [3.63, 3.8) is 0 Å². The Labute approximate surface area is 118 Å². The van der Waals surface area contributed by atoms with E-state index in [9.17, 15) is 0 Å². The number of ether oxygens (including phenoxy) is 2. The van der Waals surface area contributed by atoms with Crippen molar-refractivity contribution in [1.29, 1.82) is 0 Å². The van der Waals surface area contributed by atoms with Crippen LogP contribution in [0.3, 0.4) is 0 Å². The molecule has 0 aliphatic carbocycles. The highest BCUT2D eigenvalue weighted by Gasteiger charge is 2.08. The predicted octanol–water partition coefficient (Wildman–Crippen LogP) is 1.84. The highest BCUT2D eigenvalue weighted by Crippen LogP contribution is 2.33. The number of hydrogen-bond acceptors (Lipinski definition) is 4. The molecule has 0 heterocycles. The minimum absolute atomic E-state index is 0.131. The quantitative estimate of drug-likeness (QED) is 0.489. The first kappa shape index (κ1) is 15.0. The molecule has 0 saturated carbocycles. The fourth-order valence-electron chi connectivity index (χ4n) is 1.57. The van der Waals surface area contributed by atoms with Crippen LogP contribution in [0.1, 0.15) is 11.1 Å². The maximum atomic E-state index is 5.33. The molecule has 19 heavy (non-hydrogen) atoms. The van der Waals surface area contributed by atoms with E-state index in [0.29, 0.717) is 5.75 Å². The Kier molecular flexibility index (Phi) is 5.81. The Morgan fingerprint density at radius 1 is 1.37 bits per heavy atom. The molecule has 0 bridgehead atoms. The van der Waals surface area contributed by atoms with Gasteiger partial charge in [0, 0.05) is 11.8 Å². The Morgan fingerprint density at radius 3 is 2.68 bits per heavy atom. The van der Waals surface area contributed by atoms with Crippen molar-refractivity contribution in [2.45, 2.75) is 6.92 Å². The molecule has 0 aromatic heterocycles. The van der Waals surface area contributed by atoms with Gasteiger partial charge in [0.25, 0.3) is 0 Å². The van der Waals surface area contributed by atoms with Crippen LogP contribution < -0.4 is 20.6 Å². The zero-order valence-corrected chi connectivity index (χ0v) is 12.0. The predicted molar refractivity (Wildman–Crippen MR) is 81.7 cm³/mol. The summed E-state index contributed by atoms with van der Waals surface area (Å²) >= 11 is 4.62. The van der Waals surface area contributed by atoms with E-state index < -0.39 is 0 Å². The van der Waals surface area contributed by atoms with Crippen LogP contribution in [0.25, 0.3) is 6.08 Å². The number of methoxy groups -OCH3 is 2. The van der Waals surface area contributed by atoms with Gasteiger partial charge in [-0.3, -0.25) is 5.43 Å². The topological polar surface area (TPSA) is 68.9 Å². The average molecular weight is 279 g/mol. The molecule has 0 saturated heterocycles. The lowest BCUT2D eigenvalue weighted by atomic mass is 10.1. The second kappa shape index (κ2) is 7.38. The van der Waals surface area contributed by atoms with E-state index in [4.69, 9.17) is 15.2 Å². The lowest BCUT2D eigenvalue weighted by Crippen LogP contribution is -2.23. The van der Waals surface area contributed by atoms with Crippen molar-refractivity contribution >= 4 is 29.6 Å². The Morgan fingerprint density at radius 2 is 2.11 bits per heavy atom. The maximum absolute atomic E-state index is 5.33. The molecule has 1 rings (SSSR count). The van der Waals surface area contributed by atoms with Crippen LogP contribution in [0.2, 0.25) is 0 Å². The van der Waals surface area contributed by atoms with Gasteiger partial charge in [0.2, 0.25) is 0 Å². The lowest BCUT2D eigenvalue weighted by molar-refractivity contribution is 0.353. The first-order chi connectivity index (χ1) is 9.10. The average Bonchev–Trinajstić information content (AvgIpc) is 2.39. The fourth-order valence-corrected chi connectivity index (χ4v) is 1.62. The second-order valence-corrected chi connectivity index (χ2v) is 4.07. The molecule has 0 spiro atoms. The molecule has 6 heteroatoms. The third kappa shape index (κ3) is 4.26. The van der Waals surface area contributed by atoms with Crippen molar-refractivity contribution in [2.75, 3.05) is 14.2 Å². The highest BCUT2D eigenvalue weighted by molar-refractivity contribution is 7.80. The summed E-state index contributed by atoms with van der Waals surface area (Å²) in [6, 6.07) is 3.80. The Balaban J connectivity index is 2.87. The summed E-state index contributed by atoms with van der Waals surface area (Å²) in [6.45, 7) is 1.96. The van der Waals surface area contributed by atoms with Gasteiger partial charge >= 0.3 is 0 Å². The summed E-state index contributed by atoms with van der Waals surface area (Å²) in [6.07, 6.45) is 5.25. The van der Waals surface area contributed by atoms with Gasteiger partial charge in [0.05, 0.1) is 14.2 Å². The number of thiocarbonyl (C=S) groups is 1.